The average Bonchev–Trinajstić information content (AvgIpc) is 2.42. The molecule has 0 aliphatic rings. The Kier molecular flexibility index (Phi) is 6.06. The first-order chi connectivity index (χ1) is 9.04. The largest absolute Gasteiger partial charge is 0.469 e. The van der Waals surface area contributed by atoms with Crippen LogP contribution >= 0.6 is 0 Å². The predicted octanol–water partition coefficient (Wildman–Crippen LogP) is 2.35. The molecule has 1 aromatic carbocycles. The van der Waals surface area contributed by atoms with Gasteiger partial charge < -0.3 is 9.64 Å². The van der Waals surface area contributed by atoms with E-state index in [1.807, 2.05) is 32.0 Å². The molecule has 0 aromatic heterocycles. The van der Waals surface area contributed by atoms with Crippen LogP contribution in [0.1, 0.15) is 30.6 Å². The maximum absolute atomic E-state index is 12.4. The van der Waals surface area contributed by atoms with Crippen molar-refractivity contribution in [1.29, 1.82) is 0 Å². The zero-order valence-corrected chi connectivity index (χ0v) is 11.8. The SMILES string of the molecule is COC(=O)CCN(CC(C)C)C(=O)c1ccccc1. The van der Waals surface area contributed by atoms with Crippen LogP contribution in [0, 0.1) is 5.92 Å². The summed E-state index contributed by atoms with van der Waals surface area (Å²) in [6, 6.07) is 9.11. The third kappa shape index (κ3) is 5.12. The zero-order valence-electron chi connectivity index (χ0n) is 11.8. The summed E-state index contributed by atoms with van der Waals surface area (Å²) in [5.74, 6) is 0.0122. The monoisotopic (exact) mass is 263 g/mol. The molecule has 0 radical (unpaired) electrons. The highest BCUT2D eigenvalue weighted by Gasteiger charge is 2.17. The van der Waals surface area contributed by atoms with Gasteiger partial charge in [-0.2, -0.15) is 0 Å². The van der Waals surface area contributed by atoms with Gasteiger partial charge in [0.2, 0.25) is 0 Å². The molecule has 1 rings (SSSR count). The summed E-state index contributed by atoms with van der Waals surface area (Å²) in [6.45, 7) is 5.11. The molecule has 0 unspecified atom stereocenters. The van der Waals surface area contributed by atoms with E-state index in [1.54, 1.807) is 17.0 Å². The number of benzene rings is 1. The van der Waals surface area contributed by atoms with Crippen molar-refractivity contribution in [2.24, 2.45) is 5.92 Å². The van der Waals surface area contributed by atoms with Gasteiger partial charge in [-0.05, 0) is 18.1 Å². The van der Waals surface area contributed by atoms with Crippen molar-refractivity contribution in [2.45, 2.75) is 20.3 Å². The molecule has 0 atom stereocenters. The lowest BCUT2D eigenvalue weighted by Gasteiger charge is -2.24. The standard InChI is InChI=1S/C15H21NO3/c1-12(2)11-16(10-9-14(17)19-3)15(18)13-7-5-4-6-8-13/h4-8,12H,9-11H2,1-3H3. The summed E-state index contributed by atoms with van der Waals surface area (Å²) < 4.78 is 4.61. The number of nitrogens with zero attached hydrogens (tertiary/aromatic N) is 1. The molecule has 0 spiro atoms. The number of rotatable bonds is 6. The highest BCUT2D eigenvalue weighted by atomic mass is 16.5. The van der Waals surface area contributed by atoms with Crippen molar-refractivity contribution in [1.82, 2.24) is 4.90 Å². The van der Waals surface area contributed by atoms with E-state index >= 15 is 0 Å². The molecule has 0 aliphatic heterocycles. The molecule has 19 heavy (non-hydrogen) atoms. The summed E-state index contributed by atoms with van der Waals surface area (Å²) in [5.41, 5.74) is 0.646. The van der Waals surface area contributed by atoms with Crippen LogP contribution in [0.25, 0.3) is 0 Å². The quantitative estimate of drug-likeness (QED) is 0.740. The van der Waals surface area contributed by atoms with Crippen LogP contribution in [-0.2, 0) is 9.53 Å². The Hall–Kier alpha value is -1.84. The van der Waals surface area contributed by atoms with E-state index in [0.717, 1.165) is 0 Å². The lowest BCUT2D eigenvalue weighted by molar-refractivity contribution is -0.140. The minimum atomic E-state index is -0.297. The van der Waals surface area contributed by atoms with Gasteiger partial charge >= 0.3 is 5.97 Å². The van der Waals surface area contributed by atoms with Crippen molar-refractivity contribution < 1.29 is 14.3 Å². The maximum Gasteiger partial charge on any atom is 0.307 e. The van der Waals surface area contributed by atoms with Crippen LogP contribution < -0.4 is 0 Å². The fourth-order valence-corrected chi connectivity index (χ4v) is 1.81. The van der Waals surface area contributed by atoms with E-state index in [4.69, 9.17) is 0 Å². The molecule has 0 heterocycles. The van der Waals surface area contributed by atoms with Crippen LogP contribution in [-0.4, -0.2) is 37.0 Å². The fourth-order valence-electron chi connectivity index (χ4n) is 1.81. The molecule has 0 saturated heterocycles. The first-order valence-corrected chi connectivity index (χ1v) is 6.45. The molecule has 0 bridgehead atoms. The topological polar surface area (TPSA) is 46.6 Å². The Bertz CT molecular complexity index is 415. The van der Waals surface area contributed by atoms with Crippen LogP contribution in [0.4, 0.5) is 0 Å². The van der Waals surface area contributed by atoms with Gasteiger partial charge in [0, 0.05) is 18.7 Å². The van der Waals surface area contributed by atoms with Crippen molar-refractivity contribution in [2.75, 3.05) is 20.2 Å². The first-order valence-electron chi connectivity index (χ1n) is 6.45. The fraction of sp³-hybridized carbons (Fsp3) is 0.467. The molecular formula is C15H21NO3. The first kappa shape index (κ1) is 15.2. The molecule has 4 nitrogen and oxygen atoms in total. The summed E-state index contributed by atoms with van der Waals surface area (Å²) in [4.78, 5) is 25.3. The van der Waals surface area contributed by atoms with E-state index in [2.05, 4.69) is 4.74 Å². The van der Waals surface area contributed by atoms with Crippen LogP contribution in [0.2, 0.25) is 0 Å². The van der Waals surface area contributed by atoms with Crippen molar-refractivity contribution >= 4 is 11.9 Å². The Morgan fingerprint density at radius 1 is 1.21 bits per heavy atom. The number of carbonyl (C=O) groups is 2. The molecule has 0 fully saturated rings. The van der Waals surface area contributed by atoms with Gasteiger partial charge in [0.25, 0.3) is 5.91 Å². The second kappa shape index (κ2) is 7.56. The molecule has 104 valence electrons. The molecule has 1 aromatic rings. The minimum Gasteiger partial charge on any atom is -0.469 e. The van der Waals surface area contributed by atoms with Crippen molar-refractivity contribution in [3.63, 3.8) is 0 Å². The minimum absolute atomic E-state index is 0.0433. The van der Waals surface area contributed by atoms with Crippen LogP contribution in [0.15, 0.2) is 30.3 Å². The van der Waals surface area contributed by atoms with Crippen molar-refractivity contribution in [3.05, 3.63) is 35.9 Å². The van der Waals surface area contributed by atoms with Gasteiger partial charge in [-0.25, -0.2) is 0 Å². The summed E-state index contributed by atoms with van der Waals surface area (Å²) in [5, 5.41) is 0. The molecule has 0 aliphatic carbocycles. The van der Waals surface area contributed by atoms with E-state index in [0.29, 0.717) is 24.6 Å². The normalized spacial score (nSPS) is 10.3. The van der Waals surface area contributed by atoms with Gasteiger partial charge in [-0.1, -0.05) is 32.0 Å². The molecule has 4 heteroatoms. The second-order valence-electron chi connectivity index (χ2n) is 4.84. The zero-order chi connectivity index (χ0) is 14.3. The highest BCUT2D eigenvalue weighted by molar-refractivity contribution is 5.94. The number of amides is 1. The number of ether oxygens (including phenoxy) is 1. The molecule has 1 amide bonds. The number of methoxy groups -OCH3 is 1. The third-order valence-electron chi connectivity index (χ3n) is 2.71. The van der Waals surface area contributed by atoms with Gasteiger partial charge in [-0.15, -0.1) is 0 Å². The number of hydrogen-bond donors (Lipinski definition) is 0. The average molecular weight is 263 g/mol. The lowest BCUT2D eigenvalue weighted by Crippen LogP contribution is -2.36. The van der Waals surface area contributed by atoms with E-state index in [-0.39, 0.29) is 18.3 Å². The molecule has 0 N–H and O–H groups in total. The van der Waals surface area contributed by atoms with Gasteiger partial charge in [0.15, 0.2) is 0 Å². The summed E-state index contributed by atoms with van der Waals surface area (Å²) in [7, 11) is 1.36. The third-order valence-corrected chi connectivity index (χ3v) is 2.71. The maximum atomic E-state index is 12.4. The number of hydrogen-bond acceptors (Lipinski definition) is 3. The molecular weight excluding hydrogens is 242 g/mol. The summed E-state index contributed by atoms with van der Waals surface area (Å²) >= 11 is 0. The van der Waals surface area contributed by atoms with E-state index in [9.17, 15) is 9.59 Å². The highest BCUT2D eigenvalue weighted by Crippen LogP contribution is 2.08. The van der Waals surface area contributed by atoms with Crippen molar-refractivity contribution in [3.8, 4) is 0 Å². The van der Waals surface area contributed by atoms with Gasteiger partial charge in [0.1, 0.15) is 0 Å². The van der Waals surface area contributed by atoms with E-state index < -0.39 is 0 Å². The van der Waals surface area contributed by atoms with E-state index in [1.165, 1.54) is 7.11 Å². The predicted molar refractivity (Wildman–Crippen MR) is 73.8 cm³/mol. The smallest absolute Gasteiger partial charge is 0.307 e. The van der Waals surface area contributed by atoms with Gasteiger partial charge in [0.05, 0.1) is 13.5 Å². The molecule has 0 saturated carbocycles. The Morgan fingerprint density at radius 3 is 2.37 bits per heavy atom. The Labute approximate surface area is 114 Å². The number of carbonyl (C=O) groups excluding carboxylic acids is 2. The lowest BCUT2D eigenvalue weighted by atomic mass is 10.1. The Morgan fingerprint density at radius 2 is 1.84 bits per heavy atom. The van der Waals surface area contributed by atoms with Crippen LogP contribution in [0.5, 0.6) is 0 Å². The van der Waals surface area contributed by atoms with Gasteiger partial charge in [-0.3, -0.25) is 9.59 Å². The number of esters is 1. The Balaban J connectivity index is 2.73. The second-order valence-corrected chi connectivity index (χ2v) is 4.84. The van der Waals surface area contributed by atoms with Crippen LogP contribution in [0.3, 0.4) is 0 Å². The summed E-state index contributed by atoms with van der Waals surface area (Å²) in [6.07, 6.45) is 0.224.